The highest BCUT2D eigenvalue weighted by molar-refractivity contribution is 6.05. The van der Waals surface area contributed by atoms with Crippen LogP contribution in [0.15, 0.2) is 48.5 Å². The lowest BCUT2D eigenvalue weighted by Crippen LogP contribution is -2.26. The van der Waals surface area contributed by atoms with Crippen LogP contribution in [0.1, 0.15) is 28.4 Å². The highest BCUT2D eigenvalue weighted by Crippen LogP contribution is 2.17. The van der Waals surface area contributed by atoms with E-state index in [1.54, 1.807) is 4.90 Å². The van der Waals surface area contributed by atoms with Gasteiger partial charge in [-0.1, -0.05) is 31.2 Å². The number of hydrogen-bond acceptors (Lipinski definition) is 1. The smallest absolute Gasteiger partial charge is 0.258 e. The number of nitrogens with zero attached hydrogens (tertiary/aromatic N) is 1. The summed E-state index contributed by atoms with van der Waals surface area (Å²) in [5.74, 6) is 0.0286. The third kappa shape index (κ3) is 3.02. The standard InChI is InChI=1S/C17H19NO/c1-4-14-8-6-9-15(12-14)17(19)18(3)16-10-5-7-13(2)11-16/h5-12H,4H2,1-3H3. The molecule has 2 aromatic carbocycles. The number of hydrogen-bond donors (Lipinski definition) is 0. The Kier molecular flexibility index (Phi) is 4.00. The van der Waals surface area contributed by atoms with E-state index in [2.05, 4.69) is 6.92 Å². The number of anilines is 1. The summed E-state index contributed by atoms with van der Waals surface area (Å²) in [7, 11) is 1.82. The highest BCUT2D eigenvalue weighted by Gasteiger charge is 2.13. The van der Waals surface area contributed by atoms with Crippen LogP contribution in [0.25, 0.3) is 0 Å². The molecule has 0 aromatic heterocycles. The number of benzene rings is 2. The lowest BCUT2D eigenvalue weighted by atomic mass is 10.1. The summed E-state index contributed by atoms with van der Waals surface area (Å²) in [5, 5.41) is 0. The zero-order chi connectivity index (χ0) is 13.8. The predicted octanol–water partition coefficient (Wildman–Crippen LogP) is 3.83. The van der Waals surface area contributed by atoms with E-state index < -0.39 is 0 Å². The van der Waals surface area contributed by atoms with Gasteiger partial charge in [0.15, 0.2) is 0 Å². The number of rotatable bonds is 3. The van der Waals surface area contributed by atoms with Gasteiger partial charge in [0, 0.05) is 18.3 Å². The van der Waals surface area contributed by atoms with Crippen molar-refractivity contribution in [2.75, 3.05) is 11.9 Å². The van der Waals surface area contributed by atoms with Crippen molar-refractivity contribution in [1.29, 1.82) is 0 Å². The largest absolute Gasteiger partial charge is 0.311 e. The SMILES string of the molecule is CCc1cccc(C(=O)N(C)c2cccc(C)c2)c1. The third-order valence-corrected chi connectivity index (χ3v) is 3.28. The molecule has 0 aliphatic carbocycles. The second kappa shape index (κ2) is 5.70. The van der Waals surface area contributed by atoms with Gasteiger partial charge in [0.25, 0.3) is 5.91 Å². The summed E-state index contributed by atoms with van der Waals surface area (Å²) in [6.07, 6.45) is 0.940. The molecular formula is C17H19NO. The molecule has 0 atom stereocenters. The topological polar surface area (TPSA) is 20.3 Å². The van der Waals surface area contributed by atoms with E-state index in [0.29, 0.717) is 0 Å². The first-order valence-electron chi connectivity index (χ1n) is 6.55. The molecule has 0 saturated heterocycles. The van der Waals surface area contributed by atoms with Crippen LogP contribution < -0.4 is 4.90 Å². The van der Waals surface area contributed by atoms with Crippen LogP contribution in [-0.2, 0) is 6.42 Å². The Bertz CT molecular complexity index is 589. The maximum atomic E-state index is 12.5. The van der Waals surface area contributed by atoms with Gasteiger partial charge in [-0.2, -0.15) is 0 Å². The number of aryl methyl sites for hydroxylation is 2. The van der Waals surface area contributed by atoms with Gasteiger partial charge in [-0.3, -0.25) is 4.79 Å². The predicted molar refractivity (Wildman–Crippen MR) is 79.7 cm³/mol. The molecule has 0 aliphatic rings. The molecule has 0 spiro atoms. The van der Waals surface area contributed by atoms with Crippen LogP contribution in [0.4, 0.5) is 5.69 Å². The maximum Gasteiger partial charge on any atom is 0.258 e. The Morgan fingerprint density at radius 1 is 1.11 bits per heavy atom. The van der Waals surface area contributed by atoms with Gasteiger partial charge in [-0.15, -0.1) is 0 Å². The molecular weight excluding hydrogens is 234 g/mol. The lowest BCUT2D eigenvalue weighted by molar-refractivity contribution is 0.0993. The number of carbonyl (C=O) groups excluding carboxylic acids is 1. The van der Waals surface area contributed by atoms with Crippen molar-refractivity contribution in [3.05, 3.63) is 65.2 Å². The van der Waals surface area contributed by atoms with E-state index in [4.69, 9.17) is 0 Å². The average Bonchev–Trinajstić information content (AvgIpc) is 2.45. The van der Waals surface area contributed by atoms with Crippen LogP contribution in [-0.4, -0.2) is 13.0 Å². The Labute approximate surface area is 114 Å². The van der Waals surface area contributed by atoms with Crippen LogP contribution in [0.3, 0.4) is 0 Å². The van der Waals surface area contributed by atoms with E-state index >= 15 is 0 Å². The summed E-state index contributed by atoms with van der Waals surface area (Å²) in [6.45, 7) is 4.12. The normalized spacial score (nSPS) is 10.3. The molecule has 2 heteroatoms. The van der Waals surface area contributed by atoms with Gasteiger partial charge in [0.2, 0.25) is 0 Å². The minimum Gasteiger partial charge on any atom is -0.311 e. The van der Waals surface area contributed by atoms with E-state index in [1.165, 1.54) is 5.56 Å². The molecule has 0 radical (unpaired) electrons. The molecule has 0 fully saturated rings. The zero-order valence-electron chi connectivity index (χ0n) is 11.7. The van der Waals surface area contributed by atoms with Crippen LogP contribution in [0.2, 0.25) is 0 Å². The van der Waals surface area contributed by atoms with Gasteiger partial charge >= 0.3 is 0 Å². The molecule has 19 heavy (non-hydrogen) atoms. The minimum atomic E-state index is 0.0286. The van der Waals surface area contributed by atoms with Crippen molar-refractivity contribution in [3.8, 4) is 0 Å². The number of amides is 1. The van der Waals surface area contributed by atoms with E-state index in [0.717, 1.165) is 23.2 Å². The fraction of sp³-hybridized carbons (Fsp3) is 0.235. The van der Waals surface area contributed by atoms with Crippen LogP contribution in [0.5, 0.6) is 0 Å². The Balaban J connectivity index is 2.28. The van der Waals surface area contributed by atoms with Crippen LogP contribution >= 0.6 is 0 Å². The van der Waals surface area contributed by atoms with Crippen molar-refractivity contribution in [1.82, 2.24) is 0 Å². The second-order valence-corrected chi connectivity index (χ2v) is 4.76. The first kappa shape index (κ1) is 13.3. The van der Waals surface area contributed by atoms with Crippen molar-refractivity contribution < 1.29 is 4.79 Å². The third-order valence-electron chi connectivity index (χ3n) is 3.28. The fourth-order valence-corrected chi connectivity index (χ4v) is 2.07. The quantitative estimate of drug-likeness (QED) is 0.814. The van der Waals surface area contributed by atoms with Crippen molar-refractivity contribution in [2.45, 2.75) is 20.3 Å². The monoisotopic (exact) mass is 253 g/mol. The summed E-state index contributed by atoms with van der Waals surface area (Å²) >= 11 is 0. The molecule has 2 nitrogen and oxygen atoms in total. The molecule has 0 aliphatic heterocycles. The Morgan fingerprint density at radius 2 is 1.84 bits per heavy atom. The number of carbonyl (C=O) groups is 1. The zero-order valence-corrected chi connectivity index (χ0v) is 11.7. The maximum absolute atomic E-state index is 12.5. The molecule has 2 aromatic rings. The molecule has 0 unspecified atom stereocenters. The summed E-state index contributed by atoms with van der Waals surface area (Å²) in [6, 6.07) is 15.8. The minimum absolute atomic E-state index is 0.0286. The van der Waals surface area contributed by atoms with Gasteiger partial charge in [0.1, 0.15) is 0 Å². The molecule has 98 valence electrons. The molecule has 0 N–H and O–H groups in total. The van der Waals surface area contributed by atoms with Gasteiger partial charge < -0.3 is 4.90 Å². The van der Waals surface area contributed by atoms with Crippen molar-refractivity contribution in [2.24, 2.45) is 0 Å². The molecule has 1 amide bonds. The highest BCUT2D eigenvalue weighted by atomic mass is 16.2. The summed E-state index contributed by atoms with van der Waals surface area (Å²) < 4.78 is 0. The van der Waals surface area contributed by atoms with Gasteiger partial charge in [-0.25, -0.2) is 0 Å². The summed E-state index contributed by atoms with van der Waals surface area (Å²) in [5.41, 5.74) is 4.00. The first-order valence-corrected chi connectivity index (χ1v) is 6.55. The average molecular weight is 253 g/mol. The van der Waals surface area contributed by atoms with Crippen molar-refractivity contribution >= 4 is 11.6 Å². The molecule has 0 saturated carbocycles. The van der Waals surface area contributed by atoms with Gasteiger partial charge in [0.05, 0.1) is 0 Å². The lowest BCUT2D eigenvalue weighted by Gasteiger charge is -2.18. The first-order chi connectivity index (χ1) is 9.11. The summed E-state index contributed by atoms with van der Waals surface area (Å²) in [4.78, 5) is 14.1. The van der Waals surface area contributed by atoms with Crippen LogP contribution in [0, 0.1) is 6.92 Å². The fourth-order valence-electron chi connectivity index (χ4n) is 2.07. The molecule has 2 rings (SSSR count). The molecule has 0 bridgehead atoms. The Morgan fingerprint density at radius 3 is 2.53 bits per heavy atom. The molecule has 0 heterocycles. The van der Waals surface area contributed by atoms with Crippen molar-refractivity contribution in [3.63, 3.8) is 0 Å². The van der Waals surface area contributed by atoms with E-state index in [1.807, 2.05) is 62.5 Å². The second-order valence-electron chi connectivity index (χ2n) is 4.76. The van der Waals surface area contributed by atoms with E-state index in [-0.39, 0.29) is 5.91 Å². The van der Waals surface area contributed by atoms with E-state index in [9.17, 15) is 4.79 Å². The van der Waals surface area contributed by atoms with Gasteiger partial charge in [-0.05, 0) is 48.7 Å². The Hall–Kier alpha value is -2.09.